The number of nitrogens with zero attached hydrogens (tertiary/aromatic N) is 4. The predicted molar refractivity (Wildman–Crippen MR) is 295 cm³/mol. The molecule has 0 saturated heterocycles. The highest BCUT2D eigenvalue weighted by Crippen LogP contribution is 2.25. The number of hydrogen-bond donors (Lipinski definition) is 5. The maximum absolute atomic E-state index is 14.6. The number of nitrogens with one attached hydrogen (secondary N) is 4. The number of hydrogen-bond acceptors (Lipinski definition) is 14. The fourth-order valence-corrected chi connectivity index (χ4v) is 8.54. The fourth-order valence-electron chi connectivity index (χ4n) is 8.54. The molecule has 0 spiro atoms. The Morgan fingerprint density at radius 2 is 1.19 bits per heavy atom. The third-order valence-corrected chi connectivity index (χ3v) is 14.0. The van der Waals surface area contributed by atoms with Gasteiger partial charge in [0.25, 0.3) is 5.91 Å². The summed E-state index contributed by atoms with van der Waals surface area (Å²) in [6.07, 6.45) is -1.13. The van der Waals surface area contributed by atoms with Crippen LogP contribution in [0.3, 0.4) is 0 Å². The Morgan fingerprint density at radius 3 is 1.66 bits per heavy atom. The number of esters is 1. The summed E-state index contributed by atoms with van der Waals surface area (Å²) in [5.74, 6) is -9.21. The molecule has 23 nitrogen and oxygen atoms in total. The van der Waals surface area contributed by atoms with E-state index in [2.05, 4.69) is 21.3 Å². The van der Waals surface area contributed by atoms with Gasteiger partial charge in [-0.25, -0.2) is 9.59 Å². The maximum Gasteiger partial charge on any atom is 0.407 e. The highest BCUT2D eigenvalue weighted by molar-refractivity contribution is 6.09. The topological polar surface area (TPSA) is 297 Å². The normalized spacial score (nSPS) is 15.0. The van der Waals surface area contributed by atoms with Gasteiger partial charge in [-0.3, -0.25) is 43.2 Å². The Hall–Kier alpha value is -6.81. The molecule has 23 heteroatoms. The second-order valence-corrected chi connectivity index (χ2v) is 22.6. The van der Waals surface area contributed by atoms with Crippen LogP contribution in [0.15, 0.2) is 24.3 Å². The van der Waals surface area contributed by atoms with Crippen LogP contribution in [0.4, 0.5) is 4.79 Å². The van der Waals surface area contributed by atoms with Gasteiger partial charge in [0, 0.05) is 46.6 Å². The molecule has 0 aliphatic carbocycles. The van der Waals surface area contributed by atoms with E-state index in [0.29, 0.717) is 24.2 Å². The number of benzene rings is 1. The first-order valence-corrected chi connectivity index (χ1v) is 26.9. The number of aliphatic carboxylic acids is 1. The van der Waals surface area contributed by atoms with Crippen molar-refractivity contribution >= 4 is 65.2 Å². The molecule has 79 heavy (non-hydrogen) atoms. The lowest BCUT2D eigenvalue weighted by atomic mass is 9.82. The van der Waals surface area contributed by atoms with Gasteiger partial charge in [-0.2, -0.15) is 0 Å². The molecule has 0 aromatic heterocycles. The van der Waals surface area contributed by atoms with Crippen molar-refractivity contribution in [3.05, 3.63) is 29.8 Å². The second kappa shape index (κ2) is 31.1. The van der Waals surface area contributed by atoms with Crippen LogP contribution in [0, 0.1) is 29.1 Å². The van der Waals surface area contributed by atoms with Gasteiger partial charge < -0.3 is 60.2 Å². The standard InChI is InChI=1S/C56H92N8O15/c1-21-33(7)45(78-52(74)34(8)39(22-2)60-54(76)79-55(11,12)13)49(70)58-29-42(65)62(17)40(27-31(3)4)47(68)57-30-43(66)64(19)44(32(5)6)50(71)63(18)41(28-37-23-25-38(77-20)26-24-37)48(69)59-35(9)46(67)56(14,15)53(75)61(16)36(10)51(72)73/h23-26,31-36,39-41,44-45H,21-22,27-30H2,1-20H3,(H,57,68)(H,58,70)(H,59,69)(H,60,76)(H,72,73)/t33-,34-,35?,36-,39+,40-,41-,44-,45-/m0/s1. The number of alkyl carbamates (subject to hydrolysis) is 1. The molecule has 1 aromatic carbocycles. The van der Waals surface area contributed by atoms with Gasteiger partial charge in [0.1, 0.15) is 40.9 Å². The highest BCUT2D eigenvalue weighted by Gasteiger charge is 2.44. The van der Waals surface area contributed by atoms with Crippen molar-refractivity contribution < 1.29 is 72.1 Å². The van der Waals surface area contributed by atoms with E-state index in [-0.39, 0.29) is 18.8 Å². The number of carboxylic acids is 1. The summed E-state index contributed by atoms with van der Waals surface area (Å²) in [5.41, 5.74) is -1.93. The number of amides is 8. The number of carbonyl (C=O) groups excluding carboxylic acids is 10. The van der Waals surface area contributed by atoms with Crippen LogP contribution in [-0.4, -0.2) is 186 Å². The minimum Gasteiger partial charge on any atom is -0.497 e. The first-order chi connectivity index (χ1) is 36.4. The summed E-state index contributed by atoms with van der Waals surface area (Å²) in [4.78, 5) is 153. The first-order valence-electron chi connectivity index (χ1n) is 26.9. The van der Waals surface area contributed by atoms with Crippen LogP contribution < -0.4 is 26.0 Å². The summed E-state index contributed by atoms with van der Waals surface area (Å²) >= 11 is 0. The summed E-state index contributed by atoms with van der Waals surface area (Å²) in [7, 11) is 6.89. The summed E-state index contributed by atoms with van der Waals surface area (Å²) in [6, 6.07) is -0.0541. The lowest BCUT2D eigenvalue weighted by molar-refractivity contribution is -0.163. The van der Waals surface area contributed by atoms with Gasteiger partial charge in [0.15, 0.2) is 11.9 Å². The number of ketones is 1. The minimum atomic E-state index is -1.77. The molecular weight excluding hydrogens is 1020 g/mol. The van der Waals surface area contributed by atoms with Crippen LogP contribution in [0.1, 0.15) is 129 Å². The van der Waals surface area contributed by atoms with E-state index in [1.54, 1.807) is 86.6 Å². The van der Waals surface area contributed by atoms with E-state index in [1.165, 1.54) is 67.9 Å². The SMILES string of the molecule is CC[C@H](C)[C@H](OC(=O)[C@@H](C)[C@@H](CC)NC(=O)OC(C)(C)C)C(=O)NCC(=O)N(C)[C@@H](CC(C)C)C(=O)NCC(=O)N(C)[C@H](C(=O)N(C)[C@@H](Cc1ccc(OC)cc1)C(=O)NC(C)C(=O)C(C)(C)C(=O)N(C)[C@@H](C)C(=O)O)C(C)C. The molecule has 0 saturated carbocycles. The monoisotopic (exact) mass is 1120 g/mol. The number of rotatable bonds is 30. The van der Waals surface area contributed by atoms with Crippen LogP contribution in [0.2, 0.25) is 0 Å². The van der Waals surface area contributed by atoms with E-state index in [9.17, 15) is 57.8 Å². The molecule has 1 unspecified atom stereocenters. The van der Waals surface area contributed by atoms with Crippen molar-refractivity contribution in [3.63, 3.8) is 0 Å². The quantitative estimate of drug-likeness (QED) is 0.0544. The number of ether oxygens (including phenoxy) is 3. The third-order valence-electron chi connectivity index (χ3n) is 14.0. The number of Topliss-reactive ketones (excluding diaryl/α,β-unsaturated/α-hetero) is 1. The number of carboxylic acid groups (broad SMARTS) is 1. The van der Waals surface area contributed by atoms with Crippen molar-refractivity contribution in [1.29, 1.82) is 0 Å². The number of methoxy groups -OCH3 is 1. The highest BCUT2D eigenvalue weighted by atomic mass is 16.6. The van der Waals surface area contributed by atoms with E-state index in [0.717, 1.165) is 14.7 Å². The molecular formula is C56H92N8O15. The van der Waals surface area contributed by atoms with Crippen molar-refractivity contribution in [1.82, 2.24) is 40.9 Å². The Bertz CT molecular complexity index is 2300. The number of carbonyl (C=O) groups is 11. The summed E-state index contributed by atoms with van der Waals surface area (Å²) in [6.45, 7) is 23.2. The maximum atomic E-state index is 14.6. The smallest absolute Gasteiger partial charge is 0.407 e. The molecule has 5 N–H and O–H groups in total. The van der Waals surface area contributed by atoms with Gasteiger partial charge >= 0.3 is 18.0 Å². The van der Waals surface area contributed by atoms with Crippen LogP contribution in [-0.2, 0) is 63.8 Å². The molecule has 0 heterocycles. The predicted octanol–water partition coefficient (Wildman–Crippen LogP) is 3.58. The van der Waals surface area contributed by atoms with Crippen LogP contribution in [0.5, 0.6) is 5.75 Å². The molecule has 0 bridgehead atoms. The Balaban J connectivity index is 3.34. The third kappa shape index (κ3) is 20.7. The van der Waals surface area contributed by atoms with Gasteiger partial charge in [-0.15, -0.1) is 0 Å². The first kappa shape index (κ1) is 70.2. The largest absolute Gasteiger partial charge is 0.497 e. The van der Waals surface area contributed by atoms with E-state index < -0.39 is 149 Å². The van der Waals surface area contributed by atoms with Gasteiger partial charge in [-0.05, 0) is 104 Å². The molecule has 0 aliphatic heterocycles. The molecule has 9 atom stereocenters. The van der Waals surface area contributed by atoms with E-state index in [1.807, 2.05) is 13.8 Å². The zero-order chi connectivity index (χ0) is 61.2. The van der Waals surface area contributed by atoms with Crippen molar-refractivity contribution in [2.24, 2.45) is 29.1 Å². The summed E-state index contributed by atoms with van der Waals surface area (Å²) in [5, 5.41) is 20.0. The average Bonchev–Trinajstić information content (AvgIpc) is 3.38. The van der Waals surface area contributed by atoms with Crippen LogP contribution in [0.25, 0.3) is 0 Å². The minimum absolute atomic E-state index is 0.0624. The van der Waals surface area contributed by atoms with E-state index in [4.69, 9.17) is 14.2 Å². The molecule has 1 rings (SSSR count). The van der Waals surface area contributed by atoms with Crippen molar-refractivity contribution in [3.8, 4) is 5.75 Å². The van der Waals surface area contributed by atoms with Gasteiger partial charge in [0.2, 0.25) is 35.4 Å². The van der Waals surface area contributed by atoms with Gasteiger partial charge in [0.05, 0.1) is 32.2 Å². The lowest BCUT2D eigenvalue weighted by Gasteiger charge is -2.37. The molecule has 0 radical (unpaired) electrons. The van der Waals surface area contributed by atoms with Gasteiger partial charge in [-0.1, -0.05) is 60.6 Å². The number of likely N-dealkylation sites (N-methyl/N-ethyl adjacent to an activating group) is 4. The average molecular weight is 1120 g/mol. The van der Waals surface area contributed by atoms with Crippen LogP contribution >= 0.6 is 0 Å². The zero-order valence-corrected chi connectivity index (χ0v) is 50.4. The van der Waals surface area contributed by atoms with E-state index >= 15 is 0 Å². The summed E-state index contributed by atoms with van der Waals surface area (Å²) < 4.78 is 16.3. The lowest BCUT2D eigenvalue weighted by Crippen LogP contribution is -2.60. The zero-order valence-electron chi connectivity index (χ0n) is 50.4. The Labute approximate surface area is 467 Å². The molecule has 0 aliphatic rings. The Morgan fingerprint density at radius 1 is 0.658 bits per heavy atom. The molecule has 446 valence electrons. The van der Waals surface area contributed by atoms with Crippen molar-refractivity contribution in [2.45, 2.75) is 177 Å². The van der Waals surface area contributed by atoms with Crippen molar-refractivity contribution in [2.75, 3.05) is 48.4 Å². The molecule has 0 fully saturated rings. The molecule has 8 amide bonds. The second-order valence-electron chi connectivity index (χ2n) is 22.6. The Kier molecular flexibility index (Phi) is 27.6. The molecule has 1 aromatic rings. The fraction of sp³-hybridized carbons (Fsp3) is 0.696.